The molecule has 1 aromatic carbocycles. The molecule has 5 heteroatoms. The summed E-state index contributed by atoms with van der Waals surface area (Å²) < 4.78 is 4.81. The highest BCUT2D eigenvalue weighted by atomic mass is 16.5. The fraction of sp³-hybridized carbons (Fsp3) is 0.500. The van der Waals surface area contributed by atoms with Gasteiger partial charge in [-0.15, -0.1) is 0 Å². The number of hydrogen-bond donors (Lipinski definition) is 1. The summed E-state index contributed by atoms with van der Waals surface area (Å²) in [6, 6.07) is 7.55. The van der Waals surface area contributed by atoms with Crippen LogP contribution in [0, 0.1) is 0 Å². The van der Waals surface area contributed by atoms with Gasteiger partial charge in [0.05, 0.1) is 19.1 Å². The van der Waals surface area contributed by atoms with Crippen LogP contribution in [-0.2, 0) is 16.0 Å². The minimum Gasteiger partial charge on any atom is -0.466 e. The van der Waals surface area contributed by atoms with Gasteiger partial charge in [0, 0.05) is 18.7 Å². The molecule has 1 aromatic rings. The third kappa shape index (κ3) is 4.04. The van der Waals surface area contributed by atoms with E-state index in [-0.39, 0.29) is 18.9 Å². The van der Waals surface area contributed by atoms with E-state index in [1.807, 2.05) is 24.3 Å². The van der Waals surface area contributed by atoms with Gasteiger partial charge in [-0.05, 0) is 31.4 Å². The molecule has 21 heavy (non-hydrogen) atoms. The van der Waals surface area contributed by atoms with Crippen LogP contribution in [0.25, 0.3) is 0 Å². The lowest BCUT2D eigenvalue weighted by atomic mass is 10.0. The molecule has 0 aliphatic carbocycles. The van der Waals surface area contributed by atoms with Crippen LogP contribution in [0.15, 0.2) is 24.3 Å². The highest BCUT2D eigenvalue weighted by Gasteiger charge is 2.24. The van der Waals surface area contributed by atoms with Crippen LogP contribution >= 0.6 is 0 Å². The van der Waals surface area contributed by atoms with Crippen molar-refractivity contribution in [1.29, 1.82) is 0 Å². The number of ether oxygens (including phenoxy) is 1. The average Bonchev–Trinajstić information content (AvgIpc) is 2.60. The lowest BCUT2D eigenvalue weighted by Gasteiger charge is -2.23. The van der Waals surface area contributed by atoms with E-state index in [0.717, 1.165) is 18.4 Å². The van der Waals surface area contributed by atoms with Gasteiger partial charge in [-0.25, -0.2) is 0 Å². The third-order valence-corrected chi connectivity index (χ3v) is 3.55. The van der Waals surface area contributed by atoms with Crippen molar-refractivity contribution in [2.45, 2.75) is 32.3 Å². The first-order chi connectivity index (χ1) is 10.1. The van der Waals surface area contributed by atoms with Gasteiger partial charge < -0.3 is 14.7 Å². The Balaban J connectivity index is 2.01. The molecule has 1 amide bonds. The number of aryl methyl sites for hydroxylation is 1. The molecule has 1 aliphatic rings. The molecular weight excluding hydrogens is 270 g/mol. The van der Waals surface area contributed by atoms with E-state index in [4.69, 9.17) is 4.74 Å². The summed E-state index contributed by atoms with van der Waals surface area (Å²) in [5.41, 5.74) is 1.74. The fourth-order valence-corrected chi connectivity index (χ4v) is 2.58. The lowest BCUT2D eigenvalue weighted by molar-refractivity contribution is -0.145. The lowest BCUT2D eigenvalue weighted by Crippen LogP contribution is -2.38. The molecule has 0 fully saturated rings. The molecule has 1 N–H and O–H groups in total. The summed E-state index contributed by atoms with van der Waals surface area (Å²) in [6.45, 7) is 2.76. The van der Waals surface area contributed by atoms with E-state index >= 15 is 0 Å². The summed E-state index contributed by atoms with van der Waals surface area (Å²) in [5, 5.41) is 9.96. The van der Waals surface area contributed by atoms with Crippen molar-refractivity contribution in [3.63, 3.8) is 0 Å². The molecule has 1 unspecified atom stereocenters. The highest BCUT2D eigenvalue weighted by molar-refractivity contribution is 5.96. The Hall–Kier alpha value is -1.88. The molecule has 1 aliphatic heterocycles. The largest absolute Gasteiger partial charge is 0.466 e. The Bertz CT molecular complexity index is 515. The van der Waals surface area contributed by atoms with Crippen LogP contribution in [-0.4, -0.2) is 47.7 Å². The quantitative estimate of drug-likeness (QED) is 0.833. The molecule has 114 valence electrons. The zero-order valence-corrected chi connectivity index (χ0v) is 12.2. The SMILES string of the molecule is CCOC(=O)CC(O)CN1CCCc2ccccc2C1=O. The highest BCUT2D eigenvalue weighted by Crippen LogP contribution is 2.18. The molecule has 0 spiro atoms. The van der Waals surface area contributed by atoms with Crippen LogP contribution in [0.4, 0.5) is 0 Å². The van der Waals surface area contributed by atoms with Crippen molar-refractivity contribution in [2.24, 2.45) is 0 Å². The van der Waals surface area contributed by atoms with Crippen LogP contribution in [0.1, 0.15) is 35.7 Å². The van der Waals surface area contributed by atoms with E-state index in [9.17, 15) is 14.7 Å². The first kappa shape index (κ1) is 15.5. The Morgan fingerprint density at radius 2 is 2.19 bits per heavy atom. The van der Waals surface area contributed by atoms with Crippen LogP contribution in [0.5, 0.6) is 0 Å². The minimum absolute atomic E-state index is 0.0778. The summed E-state index contributed by atoms with van der Waals surface area (Å²) in [5.74, 6) is -0.515. The Labute approximate surface area is 124 Å². The number of hydrogen-bond acceptors (Lipinski definition) is 4. The molecule has 5 nitrogen and oxygen atoms in total. The van der Waals surface area contributed by atoms with Crippen LogP contribution in [0.2, 0.25) is 0 Å². The number of aliphatic hydroxyl groups is 1. The zero-order valence-electron chi connectivity index (χ0n) is 12.2. The molecule has 0 saturated carbocycles. The zero-order chi connectivity index (χ0) is 15.2. The van der Waals surface area contributed by atoms with Crippen molar-refractivity contribution in [3.8, 4) is 0 Å². The molecule has 1 atom stereocenters. The fourth-order valence-electron chi connectivity index (χ4n) is 2.58. The van der Waals surface area contributed by atoms with E-state index < -0.39 is 12.1 Å². The normalized spacial score (nSPS) is 16.1. The number of β-amino-alcohol motifs (C(OH)–C–C–N with tert-alkyl or cyclic N) is 1. The number of fused-ring (bicyclic) bond motifs is 1. The van der Waals surface area contributed by atoms with Gasteiger partial charge in [-0.3, -0.25) is 9.59 Å². The number of nitrogens with zero attached hydrogens (tertiary/aromatic N) is 1. The van der Waals surface area contributed by atoms with Crippen molar-refractivity contribution < 1.29 is 19.4 Å². The van der Waals surface area contributed by atoms with Gasteiger partial charge in [0.15, 0.2) is 0 Å². The maximum Gasteiger partial charge on any atom is 0.308 e. The molecule has 0 aromatic heterocycles. The van der Waals surface area contributed by atoms with Gasteiger partial charge in [-0.2, -0.15) is 0 Å². The Morgan fingerprint density at radius 1 is 1.43 bits per heavy atom. The predicted molar refractivity (Wildman–Crippen MR) is 77.9 cm³/mol. The Morgan fingerprint density at radius 3 is 2.95 bits per heavy atom. The van der Waals surface area contributed by atoms with Crippen molar-refractivity contribution in [3.05, 3.63) is 35.4 Å². The monoisotopic (exact) mass is 291 g/mol. The van der Waals surface area contributed by atoms with E-state index in [1.54, 1.807) is 11.8 Å². The van der Waals surface area contributed by atoms with Gasteiger partial charge >= 0.3 is 5.97 Å². The number of amides is 1. The Kier molecular flexibility index (Phi) is 5.33. The maximum atomic E-state index is 12.5. The third-order valence-electron chi connectivity index (χ3n) is 3.55. The van der Waals surface area contributed by atoms with Crippen molar-refractivity contribution in [2.75, 3.05) is 19.7 Å². The van der Waals surface area contributed by atoms with Gasteiger partial charge in [0.2, 0.25) is 0 Å². The predicted octanol–water partition coefficient (Wildman–Crippen LogP) is 1.39. The number of esters is 1. The smallest absolute Gasteiger partial charge is 0.308 e. The average molecular weight is 291 g/mol. The molecule has 2 rings (SSSR count). The number of rotatable bonds is 5. The second kappa shape index (κ2) is 7.22. The summed E-state index contributed by atoms with van der Waals surface area (Å²) in [6.07, 6.45) is 0.735. The van der Waals surface area contributed by atoms with E-state index in [2.05, 4.69) is 0 Å². The second-order valence-electron chi connectivity index (χ2n) is 5.17. The molecule has 1 heterocycles. The number of carbonyl (C=O) groups excluding carboxylic acids is 2. The first-order valence-electron chi connectivity index (χ1n) is 7.32. The topological polar surface area (TPSA) is 66.8 Å². The van der Waals surface area contributed by atoms with Crippen LogP contribution < -0.4 is 0 Å². The standard InChI is InChI=1S/C16H21NO4/c1-2-21-15(19)10-13(18)11-17-9-5-7-12-6-3-4-8-14(12)16(17)20/h3-4,6,8,13,18H,2,5,7,9-11H2,1H3. The molecular formula is C16H21NO4. The summed E-state index contributed by atoms with van der Waals surface area (Å²) >= 11 is 0. The summed E-state index contributed by atoms with van der Waals surface area (Å²) in [4.78, 5) is 25.5. The van der Waals surface area contributed by atoms with Gasteiger partial charge in [-0.1, -0.05) is 18.2 Å². The molecule has 0 bridgehead atoms. The van der Waals surface area contributed by atoms with Gasteiger partial charge in [0.25, 0.3) is 5.91 Å². The summed E-state index contributed by atoms with van der Waals surface area (Å²) in [7, 11) is 0. The van der Waals surface area contributed by atoms with Gasteiger partial charge in [0.1, 0.15) is 0 Å². The van der Waals surface area contributed by atoms with Crippen molar-refractivity contribution in [1.82, 2.24) is 4.90 Å². The number of aliphatic hydroxyl groups excluding tert-OH is 1. The van der Waals surface area contributed by atoms with E-state index in [1.165, 1.54) is 0 Å². The first-order valence-corrected chi connectivity index (χ1v) is 7.32. The van der Waals surface area contributed by atoms with Crippen LogP contribution in [0.3, 0.4) is 0 Å². The maximum absolute atomic E-state index is 12.5. The minimum atomic E-state index is -0.890. The molecule has 0 saturated heterocycles. The molecule has 0 radical (unpaired) electrons. The second-order valence-corrected chi connectivity index (χ2v) is 5.17. The van der Waals surface area contributed by atoms with Crippen molar-refractivity contribution >= 4 is 11.9 Å². The number of carbonyl (C=O) groups is 2. The van der Waals surface area contributed by atoms with E-state index in [0.29, 0.717) is 18.7 Å². The number of benzene rings is 1.